The summed E-state index contributed by atoms with van der Waals surface area (Å²) in [5, 5.41) is 1.99. The van der Waals surface area contributed by atoms with Gasteiger partial charge in [-0.25, -0.2) is 9.97 Å². The van der Waals surface area contributed by atoms with Crippen LogP contribution >= 0.6 is 22.7 Å². The maximum atomic E-state index is 4.66. The molecule has 0 aliphatic heterocycles. The maximum absolute atomic E-state index is 4.66. The predicted octanol–water partition coefficient (Wildman–Crippen LogP) is 5.09. The minimum absolute atomic E-state index is 0.991. The number of fused-ring (bicyclic) bond motifs is 1. The number of hydrogen-bond acceptors (Lipinski definition) is 4. The van der Waals surface area contributed by atoms with E-state index in [1.165, 1.54) is 15.1 Å². The molecule has 0 atom stereocenters. The molecule has 96 valence electrons. The molecule has 2 aromatic carbocycles. The van der Waals surface area contributed by atoms with Gasteiger partial charge in [-0.15, -0.1) is 22.7 Å². The lowest BCUT2D eigenvalue weighted by molar-refractivity contribution is 1.38. The number of nitrogens with zero attached hydrogens (tertiary/aromatic N) is 2. The zero-order valence-electron chi connectivity index (χ0n) is 10.5. The van der Waals surface area contributed by atoms with Gasteiger partial charge in [-0.1, -0.05) is 42.5 Å². The van der Waals surface area contributed by atoms with E-state index in [1.54, 1.807) is 22.7 Å². The fourth-order valence-electron chi connectivity index (χ4n) is 2.07. The fourth-order valence-corrected chi connectivity index (χ4v) is 3.99. The zero-order chi connectivity index (χ0) is 13.4. The minimum atomic E-state index is 0.991. The summed E-state index contributed by atoms with van der Waals surface area (Å²) in [4.78, 5) is 10.4. The van der Waals surface area contributed by atoms with Crippen LogP contribution in [0.5, 0.6) is 0 Å². The van der Waals surface area contributed by atoms with Gasteiger partial charge in [0.1, 0.15) is 0 Å². The lowest BCUT2D eigenvalue weighted by Gasteiger charge is -1.93. The molecule has 0 bridgehead atoms. The number of para-hydroxylation sites is 1. The van der Waals surface area contributed by atoms with Crippen LogP contribution in [-0.4, -0.2) is 9.97 Å². The van der Waals surface area contributed by atoms with E-state index >= 15 is 0 Å². The Bertz CT molecular complexity index is 829. The largest absolute Gasteiger partial charge is 0.241 e. The number of hydrogen-bond donors (Lipinski definition) is 0. The standard InChI is InChI=1S/C16H10N2S2/c1-2-6-11(7-3-1)14-10-17-15(20-14)16-18-12-8-4-5-9-13(12)19-16/h1-10H. The lowest BCUT2D eigenvalue weighted by atomic mass is 10.2. The normalized spacial score (nSPS) is 11.0. The molecule has 0 saturated carbocycles. The summed E-state index contributed by atoms with van der Waals surface area (Å²) >= 11 is 3.39. The van der Waals surface area contributed by atoms with Crippen molar-refractivity contribution >= 4 is 32.9 Å². The molecule has 2 heterocycles. The van der Waals surface area contributed by atoms with Gasteiger partial charge in [0.05, 0.1) is 15.1 Å². The first-order valence-electron chi connectivity index (χ1n) is 6.27. The van der Waals surface area contributed by atoms with Gasteiger partial charge >= 0.3 is 0 Å². The van der Waals surface area contributed by atoms with Crippen LogP contribution in [-0.2, 0) is 0 Å². The number of aromatic nitrogens is 2. The Morgan fingerprint density at radius 2 is 1.55 bits per heavy atom. The van der Waals surface area contributed by atoms with E-state index in [1.807, 2.05) is 42.6 Å². The Labute approximate surface area is 124 Å². The molecule has 0 spiro atoms. The van der Waals surface area contributed by atoms with E-state index in [4.69, 9.17) is 0 Å². The van der Waals surface area contributed by atoms with Crippen LogP contribution < -0.4 is 0 Å². The Kier molecular flexibility index (Phi) is 2.83. The summed E-state index contributed by atoms with van der Waals surface area (Å²) in [5.74, 6) is 0. The molecule has 4 rings (SSSR count). The summed E-state index contributed by atoms with van der Waals surface area (Å²) in [7, 11) is 0. The molecule has 0 aliphatic rings. The van der Waals surface area contributed by atoms with Crippen LogP contribution in [0.25, 0.3) is 30.7 Å². The van der Waals surface area contributed by atoms with E-state index in [-0.39, 0.29) is 0 Å². The smallest absolute Gasteiger partial charge is 0.153 e. The average Bonchev–Trinajstić information content (AvgIpc) is 3.14. The van der Waals surface area contributed by atoms with Gasteiger partial charge in [0.25, 0.3) is 0 Å². The molecule has 0 fully saturated rings. The first kappa shape index (κ1) is 11.8. The number of benzene rings is 2. The molecule has 0 saturated heterocycles. The van der Waals surface area contributed by atoms with Crippen molar-refractivity contribution in [1.82, 2.24) is 9.97 Å². The van der Waals surface area contributed by atoms with Gasteiger partial charge < -0.3 is 0 Å². The van der Waals surface area contributed by atoms with Crippen molar-refractivity contribution in [3.05, 3.63) is 60.8 Å². The SMILES string of the molecule is c1ccc(-c2cnc(-c3nc4ccccc4s3)s2)cc1. The van der Waals surface area contributed by atoms with Gasteiger partial charge in [-0.05, 0) is 17.7 Å². The molecule has 2 nitrogen and oxygen atoms in total. The highest BCUT2D eigenvalue weighted by Gasteiger charge is 2.10. The minimum Gasteiger partial charge on any atom is -0.241 e. The quantitative estimate of drug-likeness (QED) is 0.515. The third kappa shape index (κ3) is 2.03. The second kappa shape index (κ2) is 4.81. The van der Waals surface area contributed by atoms with Crippen molar-refractivity contribution in [2.45, 2.75) is 0 Å². The Balaban J connectivity index is 1.78. The van der Waals surface area contributed by atoms with Crippen molar-refractivity contribution in [2.75, 3.05) is 0 Å². The molecule has 4 aromatic rings. The molecule has 0 unspecified atom stereocenters. The third-order valence-corrected chi connectivity index (χ3v) is 5.27. The summed E-state index contributed by atoms with van der Waals surface area (Å²) < 4.78 is 1.21. The Morgan fingerprint density at radius 1 is 0.750 bits per heavy atom. The van der Waals surface area contributed by atoms with Crippen LogP contribution in [0, 0.1) is 0 Å². The van der Waals surface area contributed by atoms with Crippen molar-refractivity contribution in [1.29, 1.82) is 0 Å². The molecule has 4 heteroatoms. The van der Waals surface area contributed by atoms with Gasteiger partial charge in [0, 0.05) is 6.20 Å². The van der Waals surface area contributed by atoms with E-state index in [0.717, 1.165) is 15.5 Å². The molecule has 20 heavy (non-hydrogen) atoms. The van der Waals surface area contributed by atoms with Crippen LogP contribution in [0.2, 0.25) is 0 Å². The summed E-state index contributed by atoms with van der Waals surface area (Å²) in [6.45, 7) is 0. The van der Waals surface area contributed by atoms with Gasteiger partial charge in [-0.3, -0.25) is 0 Å². The lowest BCUT2D eigenvalue weighted by Crippen LogP contribution is -1.71. The first-order chi connectivity index (χ1) is 9.90. The molecule has 0 radical (unpaired) electrons. The van der Waals surface area contributed by atoms with E-state index in [2.05, 4.69) is 28.2 Å². The average molecular weight is 294 g/mol. The Hall–Kier alpha value is -2.04. The van der Waals surface area contributed by atoms with Crippen molar-refractivity contribution in [3.8, 4) is 20.5 Å². The fraction of sp³-hybridized carbons (Fsp3) is 0. The van der Waals surface area contributed by atoms with Gasteiger partial charge in [0.15, 0.2) is 10.0 Å². The van der Waals surface area contributed by atoms with E-state index in [9.17, 15) is 0 Å². The maximum Gasteiger partial charge on any atom is 0.153 e. The van der Waals surface area contributed by atoms with Gasteiger partial charge in [0.2, 0.25) is 0 Å². The summed E-state index contributed by atoms with van der Waals surface area (Å²) in [5.41, 5.74) is 2.25. The van der Waals surface area contributed by atoms with Crippen molar-refractivity contribution in [3.63, 3.8) is 0 Å². The van der Waals surface area contributed by atoms with E-state index in [0.29, 0.717) is 0 Å². The molecular formula is C16H10N2S2. The van der Waals surface area contributed by atoms with Crippen LogP contribution in [0.3, 0.4) is 0 Å². The molecule has 0 N–H and O–H groups in total. The van der Waals surface area contributed by atoms with E-state index < -0.39 is 0 Å². The van der Waals surface area contributed by atoms with Crippen LogP contribution in [0.4, 0.5) is 0 Å². The Morgan fingerprint density at radius 3 is 2.40 bits per heavy atom. The highest BCUT2D eigenvalue weighted by atomic mass is 32.1. The third-order valence-electron chi connectivity index (χ3n) is 3.04. The molecular weight excluding hydrogens is 284 g/mol. The predicted molar refractivity (Wildman–Crippen MR) is 86.2 cm³/mol. The number of thiazole rings is 2. The van der Waals surface area contributed by atoms with Crippen molar-refractivity contribution < 1.29 is 0 Å². The van der Waals surface area contributed by atoms with Crippen LogP contribution in [0.1, 0.15) is 0 Å². The highest BCUT2D eigenvalue weighted by Crippen LogP contribution is 2.35. The monoisotopic (exact) mass is 294 g/mol. The molecule has 0 amide bonds. The topological polar surface area (TPSA) is 25.8 Å². The zero-order valence-corrected chi connectivity index (χ0v) is 12.1. The number of rotatable bonds is 2. The second-order valence-corrected chi connectivity index (χ2v) is 6.44. The summed E-state index contributed by atoms with van der Waals surface area (Å²) in [6, 6.07) is 18.5. The van der Waals surface area contributed by atoms with Gasteiger partial charge in [-0.2, -0.15) is 0 Å². The molecule has 0 aliphatic carbocycles. The van der Waals surface area contributed by atoms with Crippen molar-refractivity contribution in [2.24, 2.45) is 0 Å². The summed E-state index contributed by atoms with van der Waals surface area (Å²) in [6.07, 6.45) is 1.93. The van der Waals surface area contributed by atoms with Crippen LogP contribution in [0.15, 0.2) is 60.8 Å². The second-order valence-electron chi connectivity index (χ2n) is 4.38. The highest BCUT2D eigenvalue weighted by molar-refractivity contribution is 7.26. The first-order valence-corrected chi connectivity index (χ1v) is 7.91. The molecule has 2 aromatic heterocycles.